The summed E-state index contributed by atoms with van der Waals surface area (Å²) in [5.74, 6) is 6.75. The molecule has 0 radical (unpaired) electrons. The number of amides is 1. The van der Waals surface area contributed by atoms with Gasteiger partial charge in [0.25, 0.3) is 0 Å². The van der Waals surface area contributed by atoms with Crippen LogP contribution in [0.25, 0.3) is 5.70 Å². The second kappa shape index (κ2) is 9.74. The first kappa shape index (κ1) is 23.0. The molecule has 1 atom stereocenters. The van der Waals surface area contributed by atoms with Gasteiger partial charge in [-0.25, -0.2) is 14.3 Å². The first-order chi connectivity index (χ1) is 14.9. The van der Waals surface area contributed by atoms with Crippen LogP contribution in [0.15, 0.2) is 34.7 Å². The molecule has 170 valence electrons. The van der Waals surface area contributed by atoms with Crippen LogP contribution in [-0.4, -0.2) is 79.8 Å². The lowest BCUT2D eigenvalue weighted by atomic mass is 9.96. The number of benzene rings is 1. The Morgan fingerprint density at radius 2 is 1.94 bits per heavy atom. The van der Waals surface area contributed by atoms with Crippen molar-refractivity contribution in [3.8, 4) is 0 Å². The molecule has 4 rings (SSSR count). The number of fused-ring (bicyclic) bond motifs is 1. The molecule has 0 spiro atoms. The Balaban J connectivity index is 1.73. The third-order valence-corrected chi connectivity index (χ3v) is 9.18. The Kier molecular flexibility index (Phi) is 7.21. The predicted molar refractivity (Wildman–Crippen MR) is 127 cm³/mol. The number of alkyl halides is 1. The standard InChI is InChI=1S/C21H29IN4O4S/c22-19(21(27)25-9-11-30-12-10-25)17-14-31(28,29)18-4-2-1-3-16(18)20(17)26(23)13-15-5-7-24-8-6-15/h1-4,15,19,24H,5-14,23H2. The average molecular weight is 560 g/mol. The fourth-order valence-electron chi connectivity index (χ4n) is 4.52. The monoisotopic (exact) mass is 560 g/mol. The summed E-state index contributed by atoms with van der Waals surface area (Å²) in [6.07, 6.45) is 2.05. The number of rotatable bonds is 5. The summed E-state index contributed by atoms with van der Waals surface area (Å²) >= 11 is 2.08. The van der Waals surface area contributed by atoms with Crippen LogP contribution in [0.2, 0.25) is 0 Å². The van der Waals surface area contributed by atoms with Crippen molar-refractivity contribution in [2.24, 2.45) is 11.8 Å². The summed E-state index contributed by atoms with van der Waals surface area (Å²) in [4.78, 5) is 15.3. The molecule has 0 bridgehead atoms. The van der Waals surface area contributed by atoms with Gasteiger partial charge >= 0.3 is 0 Å². The van der Waals surface area contributed by atoms with Gasteiger partial charge in [-0.1, -0.05) is 40.8 Å². The largest absolute Gasteiger partial charge is 0.378 e. The number of sulfone groups is 1. The lowest BCUT2D eigenvalue weighted by molar-refractivity contribution is -0.133. The zero-order valence-electron chi connectivity index (χ0n) is 17.4. The number of nitrogens with zero attached hydrogens (tertiary/aromatic N) is 2. The van der Waals surface area contributed by atoms with E-state index in [4.69, 9.17) is 10.6 Å². The molecule has 8 nitrogen and oxygen atoms in total. The van der Waals surface area contributed by atoms with Crippen LogP contribution in [0.4, 0.5) is 0 Å². The number of hydrazine groups is 1. The van der Waals surface area contributed by atoms with Gasteiger partial charge in [-0.2, -0.15) is 0 Å². The number of nitrogens with one attached hydrogen (secondary N) is 1. The number of carbonyl (C=O) groups is 1. The number of ether oxygens (including phenoxy) is 1. The average Bonchev–Trinajstić information content (AvgIpc) is 2.79. The van der Waals surface area contributed by atoms with Crippen molar-refractivity contribution in [3.05, 3.63) is 35.4 Å². The van der Waals surface area contributed by atoms with Crippen LogP contribution in [0, 0.1) is 5.92 Å². The SMILES string of the molecule is NN(CC1CCNCC1)C1=C(C(I)C(=O)N2CCOCC2)CS(=O)(=O)c2ccccc21. The van der Waals surface area contributed by atoms with E-state index >= 15 is 0 Å². The van der Waals surface area contributed by atoms with Gasteiger partial charge in [0.05, 0.1) is 29.6 Å². The molecule has 1 unspecified atom stereocenters. The summed E-state index contributed by atoms with van der Waals surface area (Å²) in [5.41, 5.74) is 1.86. The summed E-state index contributed by atoms with van der Waals surface area (Å²) in [6.45, 7) is 4.59. The molecule has 3 aliphatic heterocycles. The molecule has 1 amide bonds. The second-order valence-corrected chi connectivity index (χ2v) is 11.5. The quantitative estimate of drug-likeness (QED) is 0.240. The molecule has 2 fully saturated rings. The highest BCUT2D eigenvalue weighted by Crippen LogP contribution is 2.38. The maximum atomic E-state index is 13.2. The molecule has 31 heavy (non-hydrogen) atoms. The third kappa shape index (κ3) is 4.92. The first-order valence-corrected chi connectivity index (χ1v) is 13.6. The van der Waals surface area contributed by atoms with Gasteiger partial charge in [0.15, 0.2) is 9.84 Å². The van der Waals surface area contributed by atoms with E-state index in [-0.39, 0.29) is 16.6 Å². The number of hydrogen-bond donors (Lipinski definition) is 2. The topological polar surface area (TPSA) is 105 Å². The summed E-state index contributed by atoms with van der Waals surface area (Å²) in [5, 5.41) is 5.05. The molecule has 3 N–H and O–H groups in total. The van der Waals surface area contributed by atoms with Crippen LogP contribution in [0.1, 0.15) is 18.4 Å². The first-order valence-electron chi connectivity index (χ1n) is 10.7. The molecular formula is C21H29IN4O4S. The molecule has 1 aromatic rings. The van der Waals surface area contributed by atoms with E-state index in [2.05, 4.69) is 27.9 Å². The molecule has 3 heterocycles. The highest BCUT2D eigenvalue weighted by Gasteiger charge is 2.38. The molecule has 2 saturated heterocycles. The lowest BCUT2D eigenvalue weighted by Gasteiger charge is -2.36. The van der Waals surface area contributed by atoms with E-state index in [1.54, 1.807) is 28.1 Å². The fraction of sp³-hybridized carbons (Fsp3) is 0.571. The number of morpholine rings is 1. The van der Waals surface area contributed by atoms with Crippen LogP contribution in [-0.2, 0) is 19.4 Å². The van der Waals surface area contributed by atoms with E-state index < -0.39 is 13.8 Å². The van der Waals surface area contributed by atoms with Gasteiger partial charge in [-0.05, 0) is 43.5 Å². The maximum Gasteiger partial charge on any atom is 0.239 e. The van der Waals surface area contributed by atoms with E-state index in [0.29, 0.717) is 55.6 Å². The van der Waals surface area contributed by atoms with E-state index in [1.807, 2.05) is 6.07 Å². The van der Waals surface area contributed by atoms with Crippen LogP contribution in [0.3, 0.4) is 0 Å². The highest BCUT2D eigenvalue weighted by atomic mass is 127. The minimum Gasteiger partial charge on any atom is -0.378 e. The Morgan fingerprint density at radius 3 is 2.65 bits per heavy atom. The summed E-state index contributed by atoms with van der Waals surface area (Å²) in [7, 11) is -3.55. The van der Waals surface area contributed by atoms with Crippen molar-refractivity contribution in [3.63, 3.8) is 0 Å². The zero-order valence-corrected chi connectivity index (χ0v) is 20.4. The molecular weight excluding hydrogens is 531 g/mol. The van der Waals surface area contributed by atoms with Gasteiger partial charge in [0.2, 0.25) is 5.91 Å². The predicted octanol–water partition coefficient (Wildman–Crippen LogP) is 1.02. The van der Waals surface area contributed by atoms with Crippen LogP contribution >= 0.6 is 22.6 Å². The van der Waals surface area contributed by atoms with Crippen molar-refractivity contribution >= 4 is 44.0 Å². The number of carbonyl (C=O) groups excluding carboxylic acids is 1. The Labute approximate surface area is 197 Å². The van der Waals surface area contributed by atoms with E-state index in [0.717, 1.165) is 25.9 Å². The van der Waals surface area contributed by atoms with Gasteiger partial charge < -0.3 is 20.0 Å². The Morgan fingerprint density at radius 1 is 1.26 bits per heavy atom. The van der Waals surface area contributed by atoms with Gasteiger partial charge in [-0.15, -0.1) is 0 Å². The molecule has 10 heteroatoms. The molecule has 1 aromatic carbocycles. The molecule has 3 aliphatic rings. The van der Waals surface area contributed by atoms with Crippen molar-refractivity contribution < 1.29 is 17.9 Å². The molecule has 0 saturated carbocycles. The van der Waals surface area contributed by atoms with Crippen molar-refractivity contribution in [2.45, 2.75) is 21.7 Å². The van der Waals surface area contributed by atoms with Crippen LogP contribution in [0.5, 0.6) is 0 Å². The minimum absolute atomic E-state index is 0.0822. The zero-order chi connectivity index (χ0) is 22.0. The number of hydrogen-bond acceptors (Lipinski definition) is 7. The van der Waals surface area contributed by atoms with Gasteiger partial charge in [0.1, 0.15) is 3.92 Å². The third-order valence-electron chi connectivity index (χ3n) is 6.17. The summed E-state index contributed by atoms with van der Waals surface area (Å²) in [6, 6.07) is 6.98. The maximum absolute atomic E-state index is 13.2. The van der Waals surface area contributed by atoms with Crippen LogP contribution < -0.4 is 11.2 Å². The normalized spacial score (nSPS) is 22.7. The van der Waals surface area contributed by atoms with E-state index in [1.165, 1.54) is 0 Å². The Bertz CT molecular complexity index is 956. The minimum atomic E-state index is -3.55. The Hall–Kier alpha value is -1.21. The number of piperidine rings is 1. The van der Waals surface area contributed by atoms with Crippen molar-refractivity contribution in [1.82, 2.24) is 15.2 Å². The fourth-order valence-corrected chi connectivity index (χ4v) is 7.38. The smallest absolute Gasteiger partial charge is 0.239 e. The molecule has 0 aromatic heterocycles. The second-order valence-electron chi connectivity index (χ2n) is 8.28. The van der Waals surface area contributed by atoms with Gasteiger partial charge in [0, 0.05) is 25.2 Å². The lowest BCUT2D eigenvalue weighted by Crippen LogP contribution is -2.46. The number of halogens is 1. The van der Waals surface area contributed by atoms with Crippen molar-refractivity contribution in [2.75, 3.05) is 51.7 Å². The van der Waals surface area contributed by atoms with Gasteiger partial charge in [-0.3, -0.25) is 4.79 Å². The number of nitrogens with two attached hydrogens (primary N) is 1. The highest BCUT2D eigenvalue weighted by molar-refractivity contribution is 14.1. The summed E-state index contributed by atoms with van der Waals surface area (Å²) < 4.78 is 30.9. The van der Waals surface area contributed by atoms with Crippen molar-refractivity contribution in [1.29, 1.82) is 0 Å². The molecule has 0 aliphatic carbocycles. The van der Waals surface area contributed by atoms with E-state index in [9.17, 15) is 13.2 Å².